The van der Waals surface area contributed by atoms with E-state index in [1.165, 1.54) is 5.69 Å². The summed E-state index contributed by atoms with van der Waals surface area (Å²) < 4.78 is 13.3. The second kappa shape index (κ2) is 9.16. The first-order chi connectivity index (χ1) is 15.4. The van der Waals surface area contributed by atoms with Crippen LogP contribution >= 0.6 is 0 Å². The molecule has 1 fully saturated rings. The molecule has 0 N–H and O–H groups in total. The normalized spacial score (nSPS) is 16.1. The third-order valence-corrected chi connectivity index (χ3v) is 5.90. The summed E-state index contributed by atoms with van der Waals surface area (Å²) in [6.45, 7) is 9.92. The number of ether oxygens (including phenoxy) is 2. The number of methoxy groups -OCH3 is 2. The van der Waals surface area contributed by atoms with Crippen molar-refractivity contribution in [2.45, 2.75) is 32.4 Å². The van der Waals surface area contributed by atoms with Gasteiger partial charge in [-0.15, -0.1) is 5.10 Å². The van der Waals surface area contributed by atoms with Gasteiger partial charge in [-0.1, -0.05) is 30.3 Å². The van der Waals surface area contributed by atoms with Crippen molar-refractivity contribution in [2.75, 3.05) is 45.3 Å². The lowest BCUT2D eigenvalue weighted by molar-refractivity contribution is 0.188. The van der Waals surface area contributed by atoms with Crippen LogP contribution in [0.2, 0.25) is 0 Å². The number of anilines is 1. The summed E-state index contributed by atoms with van der Waals surface area (Å²) in [5, 5.41) is 12.9. The average Bonchev–Trinajstić information content (AvgIpc) is 3.30. The Hall–Kier alpha value is -3.13. The monoisotopic (exact) mass is 436 g/mol. The lowest BCUT2D eigenvalue weighted by Gasteiger charge is -2.40. The third kappa shape index (κ3) is 4.27. The molecule has 3 aromatic rings. The van der Waals surface area contributed by atoms with E-state index in [-0.39, 0.29) is 11.6 Å². The molecule has 0 amide bonds. The zero-order valence-corrected chi connectivity index (χ0v) is 19.5. The first-order valence-corrected chi connectivity index (χ1v) is 11.0. The van der Waals surface area contributed by atoms with Crippen molar-refractivity contribution in [1.82, 2.24) is 25.1 Å². The van der Waals surface area contributed by atoms with Gasteiger partial charge in [0, 0.05) is 37.4 Å². The van der Waals surface area contributed by atoms with Crippen LogP contribution in [0.5, 0.6) is 11.5 Å². The number of tetrazole rings is 1. The Bertz CT molecular complexity index is 1020. The summed E-state index contributed by atoms with van der Waals surface area (Å²) in [7, 11) is 3.34. The van der Waals surface area contributed by atoms with Crippen LogP contribution in [0.25, 0.3) is 0 Å². The maximum Gasteiger partial charge on any atom is 0.173 e. The van der Waals surface area contributed by atoms with E-state index >= 15 is 0 Å². The minimum Gasteiger partial charge on any atom is -0.493 e. The smallest absolute Gasteiger partial charge is 0.173 e. The summed E-state index contributed by atoms with van der Waals surface area (Å²) in [5.41, 5.74) is 2.00. The highest BCUT2D eigenvalue weighted by molar-refractivity contribution is 5.50. The predicted octanol–water partition coefficient (Wildman–Crippen LogP) is 3.36. The zero-order valence-electron chi connectivity index (χ0n) is 19.5. The Morgan fingerprint density at radius 3 is 2.22 bits per heavy atom. The van der Waals surface area contributed by atoms with Crippen molar-refractivity contribution < 1.29 is 9.47 Å². The molecule has 0 saturated carbocycles. The fourth-order valence-corrected chi connectivity index (χ4v) is 4.35. The highest BCUT2D eigenvalue weighted by atomic mass is 16.5. The molecule has 1 aliphatic heterocycles. The van der Waals surface area contributed by atoms with Gasteiger partial charge in [0.25, 0.3) is 0 Å². The molecule has 1 saturated heterocycles. The maximum absolute atomic E-state index is 5.81. The van der Waals surface area contributed by atoms with E-state index < -0.39 is 0 Å². The highest BCUT2D eigenvalue weighted by Gasteiger charge is 2.35. The van der Waals surface area contributed by atoms with Crippen molar-refractivity contribution in [3.05, 3.63) is 59.9 Å². The van der Waals surface area contributed by atoms with Crippen LogP contribution in [0.1, 0.15) is 38.2 Å². The van der Waals surface area contributed by atoms with E-state index in [1.807, 2.05) is 16.8 Å². The van der Waals surface area contributed by atoms with E-state index in [0.29, 0.717) is 11.5 Å². The number of aromatic nitrogens is 4. The Balaban J connectivity index is 1.73. The van der Waals surface area contributed by atoms with E-state index in [2.05, 4.69) is 82.5 Å². The Kier molecular flexibility index (Phi) is 6.32. The molecule has 1 aliphatic rings. The molecule has 8 heteroatoms. The molecule has 2 aromatic carbocycles. The molecule has 0 bridgehead atoms. The van der Waals surface area contributed by atoms with Gasteiger partial charge in [0.2, 0.25) is 0 Å². The molecular weight excluding hydrogens is 404 g/mol. The molecule has 0 unspecified atom stereocenters. The number of benzene rings is 2. The highest BCUT2D eigenvalue weighted by Crippen LogP contribution is 2.40. The summed E-state index contributed by atoms with van der Waals surface area (Å²) in [4.78, 5) is 4.85. The molecular formula is C24H32N6O2. The van der Waals surface area contributed by atoms with Crippen LogP contribution in [0.4, 0.5) is 5.69 Å². The number of nitrogens with zero attached hydrogens (tertiary/aromatic N) is 6. The number of rotatable bonds is 6. The van der Waals surface area contributed by atoms with E-state index in [9.17, 15) is 0 Å². The first-order valence-electron chi connectivity index (χ1n) is 11.0. The standard InChI is InChI=1S/C24H32N6O2/c1-24(2,3)30-23(25-26-27-30)21(19-12-9-13-20(31-4)22(19)32-5)29-16-14-28(15-17-29)18-10-7-6-8-11-18/h6-13,21H,14-17H2,1-5H3/t21-/m1/s1. The molecule has 2 heterocycles. The number of para-hydroxylation sites is 2. The second-order valence-corrected chi connectivity index (χ2v) is 8.96. The second-order valence-electron chi connectivity index (χ2n) is 8.96. The van der Waals surface area contributed by atoms with Gasteiger partial charge < -0.3 is 14.4 Å². The van der Waals surface area contributed by atoms with E-state index in [4.69, 9.17) is 9.47 Å². The molecule has 1 aromatic heterocycles. The van der Waals surface area contributed by atoms with E-state index in [1.54, 1.807) is 14.2 Å². The topological polar surface area (TPSA) is 68.5 Å². The Morgan fingerprint density at radius 2 is 1.59 bits per heavy atom. The summed E-state index contributed by atoms with van der Waals surface area (Å²) in [5.74, 6) is 2.22. The first kappa shape index (κ1) is 22.1. The van der Waals surface area contributed by atoms with Gasteiger partial charge in [-0.2, -0.15) is 0 Å². The van der Waals surface area contributed by atoms with Gasteiger partial charge in [0.05, 0.1) is 19.8 Å². The van der Waals surface area contributed by atoms with E-state index in [0.717, 1.165) is 37.6 Å². The van der Waals surface area contributed by atoms with Gasteiger partial charge in [-0.3, -0.25) is 4.90 Å². The van der Waals surface area contributed by atoms with Gasteiger partial charge in [0.1, 0.15) is 6.04 Å². The molecule has 0 radical (unpaired) electrons. The molecule has 8 nitrogen and oxygen atoms in total. The van der Waals surface area contributed by atoms with Gasteiger partial charge >= 0.3 is 0 Å². The summed E-state index contributed by atoms with van der Waals surface area (Å²) in [6, 6.07) is 16.4. The Labute approximate surface area is 189 Å². The summed E-state index contributed by atoms with van der Waals surface area (Å²) >= 11 is 0. The Morgan fingerprint density at radius 1 is 0.875 bits per heavy atom. The van der Waals surface area contributed by atoms with Crippen molar-refractivity contribution in [3.63, 3.8) is 0 Å². The minimum absolute atomic E-state index is 0.160. The lowest BCUT2D eigenvalue weighted by Crippen LogP contribution is -2.48. The molecule has 1 atom stereocenters. The molecule has 0 spiro atoms. The number of piperazine rings is 1. The lowest BCUT2D eigenvalue weighted by atomic mass is 10.00. The molecule has 32 heavy (non-hydrogen) atoms. The van der Waals surface area contributed by atoms with Crippen LogP contribution < -0.4 is 14.4 Å². The van der Waals surface area contributed by atoms with Gasteiger partial charge in [-0.05, 0) is 49.4 Å². The quantitative estimate of drug-likeness (QED) is 0.587. The van der Waals surface area contributed by atoms with Crippen LogP contribution in [-0.4, -0.2) is 65.5 Å². The number of hydrogen-bond acceptors (Lipinski definition) is 7. The van der Waals surface area contributed by atoms with Crippen molar-refractivity contribution in [3.8, 4) is 11.5 Å². The molecule has 4 rings (SSSR count). The van der Waals surface area contributed by atoms with Gasteiger partial charge in [0.15, 0.2) is 17.3 Å². The zero-order chi connectivity index (χ0) is 22.7. The molecule has 170 valence electrons. The SMILES string of the molecule is COc1cccc([C@H](c2nnnn2C(C)(C)C)N2CCN(c3ccccc3)CC2)c1OC. The minimum atomic E-state index is -0.255. The van der Waals surface area contributed by atoms with Gasteiger partial charge in [-0.25, -0.2) is 4.68 Å². The van der Waals surface area contributed by atoms with Crippen molar-refractivity contribution >= 4 is 5.69 Å². The summed E-state index contributed by atoms with van der Waals surface area (Å²) in [6.07, 6.45) is 0. The maximum atomic E-state index is 5.81. The van der Waals surface area contributed by atoms with Crippen LogP contribution in [0, 0.1) is 0 Å². The fraction of sp³-hybridized carbons (Fsp3) is 0.458. The fourth-order valence-electron chi connectivity index (χ4n) is 4.35. The average molecular weight is 437 g/mol. The van der Waals surface area contributed by atoms with Crippen molar-refractivity contribution in [1.29, 1.82) is 0 Å². The van der Waals surface area contributed by atoms with Crippen LogP contribution in [-0.2, 0) is 5.54 Å². The third-order valence-electron chi connectivity index (χ3n) is 5.90. The van der Waals surface area contributed by atoms with Crippen molar-refractivity contribution in [2.24, 2.45) is 0 Å². The predicted molar refractivity (Wildman–Crippen MR) is 124 cm³/mol. The largest absolute Gasteiger partial charge is 0.493 e. The van der Waals surface area contributed by atoms with Crippen LogP contribution in [0.15, 0.2) is 48.5 Å². The number of hydrogen-bond donors (Lipinski definition) is 0. The molecule has 0 aliphatic carbocycles. The van der Waals surface area contributed by atoms with Crippen LogP contribution in [0.3, 0.4) is 0 Å².